The second-order valence-corrected chi connectivity index (χ2v) is 3.60. The van der Waals surface area contributed by atoms with Gasteiger partial charge < -0.3 is 9.84 Å². The lowest BCUT2D eigenvalue weighted by molar-refractivity contribution is 0.275. The number of nitrogens with zero attached hydrogens (tertiary/aromatic N) is 3. The Bertz CT molecular complexity index is 513. The number of aryl methyl sites for hydroxylation is 1. The molecule has 1 aromatic heterocycles. The van der Waals surface area contributed by atoms with Crippen LogP contribution in [0, 0.1) is 5.82 Å². The Hall–Kier alpha value is -1.95. The Morgan fingerprint density at radius 3 is 2.88 bits per heavy atom. The van der Waals surface area contributed by atoms with Gasteiger partial charge in [0.05, 0.1) is 12.8 Å². The highest BCUT2D eigenvalue weighted by Gasteiger charge is 2.06. The fourth-order valence-corrected chi connectivity index (χ4v) is 1.37. The van der Waals surface area contributed by atoms with Gasteiger partial charge in [0.25, 0.3) is 0 Å². The molecule has 5 nitrogen and oxygen atoms in total. The van der Waals surface area contributed by atoms with Gasteiger partial charge in [0.2, 0.25) is 0 Å². The van der Waals surface area contributed by atoms with Gasteiger partial charge in [-0.1, -0.05) is 11.3 Å². The number of aliphatic hydroxyl groups is 1. The van der Waals surface area contributed by atoms with Gasteiger partial charge in [-0.2, -0.15) is 0 Å². The quantitative estimate of drug-likeness (QED) is 0.862. The SMILES string of the molecule is Cn1cc(COc2ccc(CO)cc2F)nn1. The maximum absolute atomic E-state index is 13.5. The van der Waals surface area contributed by atoms with Crippen LogP contribution in [0.15, 0.2) is 24.4 Å². The molecule has 0 spiro atoms. The van der Waals surface area contributed by atoms with Crippen LogP contribution < -0.4 is 4.74 Å². The first-order chi connectivity index (χ1) is 8.19. The van der Waals surface area contributed by atoms with Crippen LogP contribution in [0.1, 0.15) is 11.3 Å². The highest BCUT2D eigenvalue weighted by molar-refractivity contribution is 5.29. The maximum atomic E-state index is 13.5. The summed E-state index contributed by atoms with van der Waals surface area (Å²) in [5.41, 5.74) is 1.13. The molecule has 2 aromatic rings. The molecular formula is C11H12FN3O2. The smallest absolute Gasteiger partial charge is 0.165 e. The topological polar surface area (TPSA) is 60.2 Å². The Morgan fingerprint density at radius 1 is 1.47 bits per heavy atom. The molecule has 90 valence electrons. The number of aliphatic hydroxyl groups excluding tert-OH is 1. The molecule has 2 rings (SSSR count). The van der Waals surface area contributed by atoms with Gasteiger partial charge in [-0.3, -0.25) is 4.68 Å². The first-order valence-electron chi connectivity index (χ1n) is 5.06. The van der Waals surface area contributed by atoms with Crippen molar-refractivity contribution < 1.29 is 14.2 Å². The first-order valence-corrected chi connectivity index (χ1v) is 5.06. The van der Waals surface area contributed by atoms with Gasteiger partial charge in [0.1, 0.15) is 12.3 Å². The number of hydrogen-bond donors (Lipinski definition) is 1. The van der Waals surface area contributed by atoms with Crippen molar-refractivity contribution in [2.24, 2.45) is 7.05 Å². The zero-order valence-electron chi connectivity index (χ0n) is 9.30. The fraction of sp³-hybridized carbons (Fsp3) is 0.273. The Balaban J connectivity index is 2.04. The molecule has 1 heterocycles. The Kier molecular flexibility index (Phi) is 3.34. The maximum Gasteiger partial charge on any atom is 0.165 e. The normalized spacial score (nSPS) is 10.5. The molecule has 0 bridgehead atoms. The minimum atomic E-state index is -0.500. The third kappa shape index (κ3) is 2.79. The van der Waals surface area contributed by atoms with E-state index < -0.39 is 5.82 Å². The van der Waals surface area contributed by atoms with Crippen molar-refractivity contribution in [3.63, 3.8) is 0 Å². The predicted octanol–water partition coefficient (Wildman–Crippen LogP) is 1.03. The van der Waals surface area contributed by atoms with E-state index in [-0.39, 0.29) is 19.0 Å². The number of halogens is 1. The van der Waals surface area contributed by atoms with Gasteiger partial charge in [-0.05, 0) is 17.7 Å². The molecule has 0 aliphatic carbocycles. The summed E-state index contributed by atoms with van der Waals surface area (Å²) in [5, 5.41) is 16.4. The third-order valence-corrected chi connectivity index (χ3v) is 2.20. The van der Waals surface area contributed by atoms with Gasteiger partial charge in [-0.25, -0.2) is 4.39 Å². The molecule has 0 fully saturated rings. The molecular weight excluding hydrogens is 225 g/mol. The summed E-state index contributed by atoms with van der Waals surface area (Å²) in [6.07, 6.45) is 1.69. The van der Waals surface area contributed by atoms with Gasteiger partial charge in [-0.15, -0.1) is 5.10 Å². The van der Waals surface area contributed by atoms with Crippen LogP contribution in [-0.2, 0) is 20.3 Å². The van der Waals surface area contributed by atoms with Crippen molar-refractivity contribution >= 4 is 0 Å². The van der Waals surface area contributed by atoms with Gasteiger partial charge in [0, 0.05) is 7.05 Å². The van der Waals surface area contributed by atoms with Crippen LogP contribution >= 0.6 is 0 Å². The minimum Gasteiger partial charge on any atom is -0.484 e. The summed E-state index contributed by atoms with van der Waals surface area (Å²) in [5.74, 6) is -0.367. The second kappa shape index (κ2) is 4.92. The van der Waals surface area contributed by atoms with E-state index in [2.05, 4.69) is 10.3 Å². The monoisotopic (exact) mass is 237 g/mol. The molecule has 1 N–H and O–H groups in total. The largest absolute Gasteiger partial charge is 0.484 e. The molecule has 0 saturated carbocycles. The van der Waals surface area contributed by atoms with E-state index in [1.807, 2.05) is 0 Å². The van der Waals surface area contributed by atoms with Gasteiger partial charge in [0.15, 0.2) is 11.6 Å². The van der Waals surface area contributed by atoms with E-state index in [4.69, 9.17) is 9.84 Å². The lowest BCUT2D eigenvalue weighted by atomic mass is 10.2. The van der Waals surface area contributed by atoms with Crippen molar-refractivity contribution in [2.45, 2.75) is 13.2 Å². The molecule has 0 saturated heterocycles. The fourth-order valence-electron chi connectivity index (χ4n) is 1.37. The highest BCUT2D eigenvalue weighted by Crippen LogP contribution is 2.19. The summed E-state index contributed by atoms with van der Waals surface area (Å²) in [7, 11) is 1.74. The molecule has 17 heavy (non-hydrogen) atoms. The highest BCUT2D eigenvalue weighted by atomic mass is 19.1. The number of ether oxygens (including phenoxy) is 1. The van der Waals surface area contributed by atoms with Crippen LogP contribution in [-0.4, -0.2) is 20.1 Å². The van der Waals surface area contributed by atoms with E-state index in [0.717, 1.165) is 0 Å². The van der Waals surface area contributed by atoms with E-state index in [9.17, 15) is 4.39 Å². The van der Waals surface area contributed by atoms with Crippen molar-refractivity contribution in [1.82, 2.24) is 15.0 Å². The Morgan fingerprint density at radius 2 is 2.29 bits per heavy atom. The molecule has 6 heteroatoms. The summed E-state index contributed by atoms with van der Waals surface area (Å²) >= 11 is 0. The molecule has 0 aliphatic heterocycles. The van der Waals surface area contributed by atoms with E-state index in [0.29, 0.717) is 11.3 Å². The molecule has 1 aromatic carbocycles. The van der Waals surface area contributed by atoms with Crippen molar-refractivity contribution in [3.8, 4) is 5.75 Å². The van der Waals surface area contributed by atoms with Crippen LogP contribution in [0.3, 0.4) is 0 Å². The number of aromatic nitrogens is 3. The number of rotatable bonds is 4. The summed E-state index contributed by atoms with van der Waals surface area (Å²) < 4.78 is 20.3. The van der Waals surface area contributed by atoms with Crippen LogP contribution in [0.5, 0.6) is 5.75 Å². The molecule has 0 radical (unpaired) electrons. The number of hydrogen-bond acceptors (Lipinski definition) is 4. The van der Waals surface area contributed by atoms with E-state index in [1.165, 1.54) is 12.1 Å². The van der Waals surface area contributed by atoms with E-state index in [1.54, 1.807) is 24.0 Å². The van der Waals surface area contributed by atoms with Crippen LogP contribution in [0.25, 0.3) is 0 Å². The average Bonchev–Trinajstić information content (AvgIpc) is 2.73. The zero-order chi connectivity index (χ0) is 12.3. The predicted molar refractivity (Wildman–Crippen MR) is 57.7 cm³/mol. The van der Waals surface area contributed by atoms with Gasteiger partial charge >= 0.3 is 0 Å². The third-order valence-electron chi connectivity index (χ3n) is 2.20. The molecule has 0 atom stereocenters. The lowest BCUT2D eigenvalue weighted by Gasteiger charge is -2.06. The first kappa shape index (κ1) is 11.5. The lowest BCUT2D eigenvalue weighted by Crippen LogP contribution is -1.98. The van der Waals surface area contributed by atoms with Crippen molar-refractivity contribution in [2.75, 3.05) is 0 Å². The minimum absolute atomic E-state index is 0.132. The zero-order valence-corrected chi connectivity index (χ0v) is 9.30. The second-order valence-electron chi connectivity index (χ2n) is 3.60. The number of benzene rings is 1. The molecule has 0 amide bonds. The van der Waals surface area contributed by atoms with Crippen molar-refractivity contribution in [1.29, 1.82) is 0 Å². The van der Waals surface area contributed by atoms with Crippen LogP contribution in [0.4, 0.5) is 4.39 Å². The molecule has 0 unspecified atom stereocenters. The Labute approximate surface area is 97.5 Å². The van der Waals surface area contributed by atoms with E-state index >= 15 is 0 Å². The summed E-state index contributed by atoms with van der Waals surface area (Å²) in [6, 6.07) is 4.33. The molecule has 0 aliphatic rings. The average molecular weight is 237 g/mol. The summed E-state index contributed by atoms with van der Waals surface area (Å²) in [6.45, 7) is -0.0371. The standard InChI is InChI=1S/C11H12FN3O2/c1-15-5-9(13-14-15)7-17-11-3-2-8(6-16)4-10(11)12/h2-5,16H,6-7H2,1H3. The summed E-state index contributed by atoms with van der Waals surface area (Å²) in [4.78, 5) is 0. The van der Waals surface area contributed by atoms with Crippen molar-refractivity contribution in [3.05, 3.63) is 41.5 Å². The van der Waals surface area contributed by atoms with Crippen LogP contribution in [0.2, 0.25) is 0 Å².